The summed E-state index contributed by atoms with van der Waals surface area (Å²) in [6.07, 6.45) is 5.32. The van der Waals surface area contributed by atoms with Gasteiger partial charge in [0.1, 0.15) is 12.1 Å². The summed E-state index contributed by atoms with van der Waals surface area (Å²) < 4.78 is 1.82. The summed E-state index contributed by atoms with van der Waals surface area (Å²) in [5.74, 6) is -0.138. The van der Waals surface area contributed by atoms with Gasteiger partial charge in [-0.2, -0.15) is 5.10 Å². The lowest BCUT2D eigenvalue weighted by Crippen LogP contribution is -2.60. The Hall–Kier alpha value is -3.16. The zero-order chi connectivity index (χ0) is 21.5. The molecule has 0 radical (unpaired) electrons. The second-order valence-corrected chi connectivity index (χ2v) is 8.60. The van der Waals surface area contributed by atoms with Crippen LogP contribution in [0.25, 0.3) is 5.69 Å². The van der Waals surface area contributed by atoms with Crippen LogP contribution >= 0.6 is 0 Å². The summed E-state index contributed by atoms with van der Waals surface area (Å²) in [5, 5.41) is 7.53. The Morgan fingerprint density at radius 1 is 1.13 bits per heavy atom. The lowest BCUT2D eigenvalue weighted by atomic mass is 10.1. The zero-order valence-corrected chi connectivity index (χ0v) is 17.7. The number of carbonyl (C=O) groups is 3. The highest BCUT2D eigenvalue weighted by molar-refractivity contribution is 5.99. The molecule has 2 aromatic rings. The highest BCUT2D eigenvalue weighted by atomic mass is 16.2. The molecule has 162 valence electrons. The number of piperazine rings is 1. The number of benzene rings is 1. The number of fused-ring (bicyclic) bond motifs is 2. The molecular formula is C23H27N5O3. The lowest BCUT2D eigenvalue weighted by Gasteiger charge is -2.38. The van der Waals surface area contributed by atoms with Crippen LogP contribution in [0, 0.1) is 0 Å². The first-order chi connectivity index (χ1) is 15.1. The van der Waals surface area contributed by atoms with Gasteiger partial charge in [-0.25, -0.2) is 4.68 Å². The molecule has 1 N–H and O–H groups in total. The number of aromatic nitrogens is 2. The molecule has 3 aliphatic rings. The zero-order valence-electron chi connectivity index (χ0n) is 17.7. The monoisotopic (exact) mass is 421 g/mol. The van der Waals surface area contributed by atoms with Crippen LogP contribution < -0.4 is 5.32 Å². The van der Waals surface area contributed by atoms with Crippen LogP contribution in [0.1, 0.15) is 48.7 Å². The SMILES string of the molecule is CCCc1c(C(=O)N[C@H]2C[C@H]3C(=O)N4CCC[C@H]4C(=O)N3C2)cnn1-c1ccccc1. The molecule has 1 aromatic heterocycles. The van der Waals surface area contributed by atoms with E-state index in [2.05, 4.69) is 17.3 Å². The number of para-hydroxylation sites is 1. The van der Waals surface area contributed by atoms with E-state index >= 15 is 0 Å². The summed E-state index contributed by atoms with van der Waals surface area (Å²) in [5.41, 5.74) is 2.34. The molecule has 3 saturated heterocycles. The molecule has 1 aromatic carbocycles. The number of carbonyl (C=O) groups excluding carboxylic acids is 3. The fraction of sp³-hybridized carbons (Fsp3) is 0.478. The molecule has 0 saturated carbocycles. The van der Waals surface area contributed by atoms with Crippen LogP contribution in [-0.4, -0.2) is 68.5 Å². The van der Waals surface area contributed by atoms with Gasteiger partial charge in [-0.1, -0.05) is 31.5 Å². The second kappa shape index (κ2) is 7.83. The van der Waals surface area contributed by atoms with E-state index in [0.717, 1.165) is 37.1 Å². The standard InChI is InChI=1S/C23H27N5O3/c1-2-7-18-17(13-24-28(18)16-8-4-3-5-9-16)21(29)25-15-12-20-23(31)26-11-6-10-19(26)22(30)27(20)14-15/h3-5,8-9,13,15,19-20H,2,6-7,10-12,14H2,1H3,(H,25,29)/t15-,19-,20-/m0/s1. The third-order valence-electron chi connectivity index (χ3n) is 6.63. The molecule has 0 bridgehead atoms. The van der Waals surface area contributed by atoms with E-state index in [1.807, 2.05) is 35.0 Å². The van der Waals surface area contributed by atoms with Crippen molar-refractivity contribution in [1.29, 1.82) is 0 Å². The first-order valence-electron chi connectivity index (χ1n) is 11.1. The molecular weight excluding hydrogens is 394 g/mol. The second-order valence-electron chi connectivity index (χ2n) is 8.60. The van der Waals surface area contributed by atoms with Crippen LogP contribution in [0.3, 0.4) is 0 Å². The summed E-state index contributed by atoms with van der Waals surface area (Å²) >= 11 is 0. The van der Waals surface area contributed by atoms with Crippen molar-refractivity contribution in [3.05, 3.63) is 47.8 Å². The Labute approximate surface area is 181 Å². The predicted molar refractivity (Wildman–Crippen MR) is 114 cm³/mol. The van der Waals surface area contributed by atoms with Gasteiger partial charge in [0, 0.05) is 19.1 Å². The molecule has 8 nitrogen and oxygen atoms in total. The molecule has 0 unspecified atom stereocenters. The van der Waals surface area contributed by atoms with Crippen molar-refractivity contribution >= 4 is 17.7 Å². The first kappa shape index (κ1) is 19.8. The Balaban J connectivity index is 1.34. The average molecular weight is 422 g/mol. The van der Waals surface area contributed by atoms with Crippen LogP contribution in [0.5, 0.6) is 0 Å². The highest BCUT2D eigenvalue weighted by Gasteiger charge is 2.51. The third-order valence-corrected chi connectivity index (χ3v) is 6.63. The molecule has 4 heterocycles. The molecule has 31 heavy (non-hydrogen) atoms. The van der Waals surface area contributed by atoms with E-state index in [9.17, 15) is 14.4 Å². The molecule has 5 rings (SSSR count). The number of nitrogens with zero attached hydrogens (tertiary/aromatic N) is 4. The molecule has 3 atom stereocenters. The predicted octanol–water partition coefficient (Wildman–Crippen LogP) is 1.53. The molecule has 3 aliphatic heterocycles. The number of rotatable bonds is 5. The van der Waals surface area contributed by atoms with Gasteiger partial charge in [0.25, 0.3) is 5.91 Å². The summed E-state index contributed by atoms with van der Waals surface area (Å²) in [4.78, 5) is 42.2. The van der Waals surface area contributed by atoms with Gasteiger partial charge in [0.05, 0.1) is 23.1 Å². The van der Waals surface area contributed by atoms with Gasteiger partial charge < -0.3 is 15.1 Å². The third kappa shape index (κ3) is 3.30. The van der Waals surface area contributed by atoms with Crippen LogP contribution in [-0.2, 0) is 16.0 Å². The maximum atomic E-state index is 13.1. The van der Waals surface area contributed by atoms with Gasteiger partial charge >= 0.3 is 0 Å². The van der Waals surface area contributed by atoms with E-state index in [1.54, 1.807) is 16.0 Å². The van der Waals surface area contributed by atoms with Crippen molar-refractivity contribution < 1.29 is 14.4 Å². The minimum atomic E-state index is -0.450. The van der Waals surface area contributed by atoms with Crippen molar-refractivity contribution in [2.24, 2.45) is 0 Å². The maximum Gasteiger partial charge on any atom is 0.255 e. The van der Waals surface area contributed by atoms with Gasteiger partial charge in [-0.15, -0.1) is 0 Å². The van der Waals surface area contributed by atoms with Gasteiger partial charge in [0.15, 0.2) is 0 Å². The fourth-order valence-corrected chi connectivity index (χ4v) is 5.18. The highest BCUT2D eigenvalue weighted by Crippen LogP contribution is 2.32. The van der Waals surface area contributed by atoms with Crippen molar-refractivity contribution in [2.75, 3.05) is 13.1 Å². The number of nitrogens with one attached hydrogen (secondary N) is 1. The van der Waals surface area contributed by atoms with Gasteiger partial charge in [-0.3, -0.25) is 14.4 Å². The van der Waals surface area contributed by atoms with Crippen molar-refractivity contribution in [3.8, 4) is 5.69 Å². The summed E-state index contributed by atoms with van der Waals surface area (Å²) in [7, 11) is 0. The topological polar surface area (TPSA) is 87.5 Å². The molecule has 3 fully saturated rings. The molecule has 0 spiro atoms. The molecule has 3 amide bonds. The summed E-state index contributed by atoms with van der Waals surface area (Å²) in [6.45, 7) is 3.12. The van der Waals surface area contributed by atoms with Crippen LogP contribution in [0.4, 0.5) is 0 Å². The minimum absolute atomic E-state index is 0.0300. The van der Waals surface area contributed by atoms with Gasteiger partial charge in [0.2, 0.25) is 11.8 Å². The van der Waals surface area contributed by atoms with E-state index in [1.165, 1.54) is 0 Å². The van der Waals surface area contributed by atoms with Crippen LogP contribution in [0.15, 0.2) is 36.5 Å². The van der Waals surface area contributed by atoms with Crippen LogP contribution in [0.2, 0.25) is 0 Å². The quantitative estimate of drug-likeness (QED) is 0.793. The number of amides is 3. The average Bonchev–Trinajstić information content (AvgIpc) is 3.51. The molecule has 8 heteroatoms. The van der Waals surface area contributed by atoms with E-state index in [0.29, 0.717) is 25.1 Å². The lowest BCUT2D eigenvalue weighted by molar-refractivity contribution is -0.156. The Morgan fingerprint density at radius 3 is 2.68 bits per heavy atom. The fourth-order valence-electron chi connectivity index (χ4n) is 5.18. The maximum absolute atomic E-state index is 13.1. The number of hydrogen-bond donors (Lipinski definition) is 1. The number of hydrogen-bond acceptors (Lipinski definition) is 4. The van der Waals surface area contributed by atoms with Crippen molar-refractivity contribution in [3.63, 3.8) is 0 Å². The Morgan fingerprint density at radius 2 is 1.90 bits per heavy atom. The smallest absolute Gasteiger partial charge is 0.255 e. The van der Waals surface area contributed by atoms with Crippen molar-refractivity contribution in [1.82, 2.24) is 24.9 Å². The Bertz CT molecular complexity index is 987. The van der Waals surface area contributed by atoms with E-state index < -0.39 is 6.04 Å². The van der Waals surface area contributed by atoms with Gasteiger partial charge in [-0.05, 0) is 37.8 Å². The Kier molecular flexibility index (Phi) is 5.00. The summed E-state index contributed by atoms with van der Waals surface area (Å²) in [6, 6.07) is 8.77. The normalized spacial score (nSPS) is 25.0. The van der Waals surface area contributed by atoms with Crippen molar-refractivity contribution in [2.45, 2.75) is 57.2 Å². The molecule has 0 aliphatic carbocycles. The van der Waals surface area contributed by atoms with E-state index in [4.69, 9.17) is 0 Å². The van der Waals surface area contributed by atoms with E-state index in [-0.39, 0.29) is 29.8 Å². The largest absolute Gasteiger partial charge is 0.347 e. The first-order valence-corrected chi connectivity index (χ1v) is 11.1. The minimum Gasteiger partial charge on any atom is -0.347 e.